The molecule has 0 aliphatic heterocycles. The van der Waals surface area contributed by atoms with E-state index < -0.39 is 0 Å². The number of rotatable bonds is 2. The second-order valence-electron chi connectivity index (χ2n) is 2.75. The van der Waals surface area contributed by atoms with Crippen LogP contribution in [0.1, 0.15) is 29.3 Å². The van der Waals surface area contributed by atoms with Gasteiger partial charge >= 0.3 is 0 Å². The highest BCUT2D eigenvalue weighted by Gasteiger charge is 2.07. The van der Waals surface area contributed by atoms with Crippen molar-refractivity contribution in [1.29, 1.82) is 0 Å². The van der Waals surface area contributed by atoms with Crippen molar-refractivity contribution in [2.45, 2.75) is 25.2 Å². The molecule has 64 valence electrons. The van der Waals surface area contributed by atoms with Crippen molar-refractivity contribution in [3.8, 4) is 0 Å². The normalized spacial score (nSPS) is 9.92. The molecule has 1 nitrogen and oxygen atoms in total. The van der Waals surface area contributed by atoms with E-state index in [0.29, 0.717) is 6.42 Å². The first-order valence-corrected chi connectivity index (χ1v) is 4.43. The third kappa shape index (κ3) is 1.69. The predicted molar refractivity (Wildman–Crippen MR) is 53.1 cm³/mol. The highest BCUT2D eigenvalue weighted by Crippen LogP contribution is 2.19. The van der Waals surface area contributed by atoms with Gasteiger partial charge in [0.2, 0.25) is 0 Å². The monoisotopic (exact) mass is 180 g/mol. The standard InChI is InChI=1S/C10H12OS/c1-3-9(11)8-6-4-5-7(2)10(8)12/h4-6,12H,3H2,1-2H3. The quantitative estimate of drug-likeness (QED) is 0.547. The van der Waals surface area contributed by atoms with Crippen molar-refractivity contribution in [2.75, 3.05) is 0 Å². The van der Waals surface area contributed by atoms with E-state index in [2.05, 4.69) is 12.6 Å². The van der Waals surface area contributed by atoms with E-state index in [4.69, 9.17) is 0 Å². The maximum atomic E-state index is 11.3. The number of benzene rings is 1. The molecule has 0 unspecified atom stereocenters. The van der Waals surface area contributed by atoms with Crippen LogP contribution >= 0.6 is 12.6 Å². The molecule has 0 fully saturated rings. The van der Waals surface area contributed by atoms with Gasteiger partial charge in [0.25, 0.3) is 0 Å². The van der Waals surface area contributed by atoms with Gasteiger partial charge in [-0.25, -0.2) is 0 Å². The van der Waals surface area contributed by atoms with Gasteiger partial charge in [-0.05, 0) is 12.5 Å². The maximum Gasteiger partial charge on any atom is 0.163 e. The SMILES string of the molecule is CCC(=O)c1cccc(C)c1S. The average molecular weight is 180 g/mol. The summed E-state index contributed by atoms with van der Waals surface area (Å²) in [6.45, 7) is 3.81. The number of thiol groups is 1. The third-order valence-corrected chi connectivity index (χ3v) is 2.45. The molecule has 1 aromatic carbocycles. The fourth-order valence-electron chi connectivity index (χ4n) is 1.07. The molecule has 0 heterocycles. The van der Waals surface area contributed by atoms with Crippen LogP contribution in [0, 0.1) is 6.92 Å². The lowest BCUT2D eigenvalue weighted by Crippen LogP contribution is -1.98. The summed E-state index contributed by atoms with van der Waals surface area (Å²) in [5.41, 5.74) is 1.79. The van der Waals surface area contributed by atoms with Crippen molar-refractivity contribution in [3.63, 3.8) is 0 Å². The molecule has 12 heavy (non-hydrogen) atoms. The molecule has 0 spiro atoms. The van der Waals surface area contributed by atoms with E-state index in [1.807, 2.05) is 32.0 Å². The minimum absolute atomic E-state index is 0.156. The summed E-state index contributed by atoms with van der Waals surface area (Å²) in [5, 5.41) is 0. The van der Waals surface area contributed by atoms with Gasteiger partial charge in [0.05, 0.1) is 0 Å². The molecule has 0 N–H and O–H groups in total. The summed E-state index contributed by atoms with van der Waals surface area (Å²) in [5.74, 6) is 0.156. The summed E-state index contributed by atoms with van der Waals surface area (Å²) in [4.78, 5) is 12.1. The van der Waals surface area contributed by atoms with Gasteiger partial charge in [-0.15, -0.1) is 12.6 Å². The van der Waals surface area contributed by atoms with Gasteiger partial charge in [-0.3, -0.25) is 4.79 Å². The zero-order chi connectivity index (χ0) is 9.14. The second-order valence-corrected chi connectivity index (χ2v) is 3.20. The molecule has 1 rings (SSSR count). The van der Waals surface area contributed by atoms with Crippen LogP contribution in [0.5, 0.6) is 0 Å². The van der Waals surface area contributed by atoms with Crippen molar-refractivity contribution in [1.82, 2.24) is 0 Å². The Bertz CT molecular complexity index is 305. The molecule has 0 atom stereocenters. The number of hydrogen-bond acceptors (Lipinski definition) is 2. The Hall–Kier alpha value is -0.760. The first-order chi connectivity index (χ1) is 5.66. The van der Waals surface area contributed by atoms with E-state index >= 15 is 0 Å². The number of ketones is 1. The Morgan fingerprint density at radius 2 is 2.17 bits per heavy atom. The summed E-state index contributed by atoms with van der Waals surface area (Å²) in [7, 11) is 0. The molecule has 0 aromatic heterocycles. The molecule has 2 heteroatoms. The highest BCUT2D eigenvalue weighted by molar-refractivity contribution is 7.80. The average Bonchev–Trinajstić information content (AvgIpc) is 2.08. The largest absolute Gasteiger partial charge is 0.294 e. The smallest absolute Gasteiger partial charge is 0.163 e. The summed E-state index contributed by atoms with van der Waals surface area (Å²) in [6, 6.07) is 5.66. The minimum atomic E-state index is 0.156. The van der Waals surface area contributed by atoms with Crippen LogP contribution < -0.4 is 0 Å². The van der Waals surface area contributed by atoms with Crippen LogP contribution in [0.25, 0.3) is 0 Å². The minimum Gasteiger partial charge on any atom is -0.294 e. The van der Waals surface area contributed by atoms with E-state index in [9.17, 15) is 4.79 Å². The third-order valence-electron chi connectivity index (χ3n) is 1.86. The van der Waals surface area contributed by atoms with Crippen molar-refractivity contribution in [2.24, 2.45) is 0 Å². The lowest BCUT2D eigenvalue weighted by atomic mass is 10.1. The van der Waals surface area contributed by atoms with E-state index in [1.54, 1.807) is 0 Å². The van der Waals surface area contributed by atoms with Crippen LogP contribution in [0.15, 0.2) is 23.1 Å². The van der Waals surface area contributed by atoms with Crippen molar-refractivity contribution >= 4 is 18.4 Å². The summed E-state index contributed by atoms with van der Waals surface area (Å²) in [6.07, 6.45) is 0.539. The number of carbonyl (C=O) groups is 1. The topological polar surface area (TPSA) is 17.1 Å². The molecule has 0 aliphatic carbocycles. The fraction of sp³-hybridized carbons (Fsp3) is 0.300. The Morgan fingerprint density at radius 1 is 1.50 bits per heavy atom. The fourth-order valence-corrected chi connectivity index (χ4v) is 1.35. The van der Waals surface area contributed by atoms with Gasteiger partial charge in [-0.1, -0.05) is 25.1 Å². The van der Waals surface area contributed by atoms with E-state index in [1.165, 1.54) is 0 Å². The number of Topliss-reactive ketones (excluding diaryl/α,β-unsaturated/α-hetero) is 1. The number of hydrogen-bond donors (Lipinski definition) is 1. The maximum absolute atomic E-state index is 11.3. The Kier molecular flexibility index (Phi) is 2.93. The first-order valence-electron chi connectivity index (χ1n) is 3.98. The molecule has 0 aliphatic rings. The second kappa shape index (κ2) is 3.76. The Balaban J connectivity index is 3.16. The van der Waals surface area contributed by atoms with Crippen molar-refractivity contribution < 1.29 is 4.79 Å². The molecule has 0 amide bonds. The predicted octanol–water partition coefficient (Wildman–Crippen LogP) is 2.88. The van der Waals surface area contributed by atoms with E-state index in [-0.39, 0.29) is 5.78 Å². The van der Waals surface area contributed by atoms with Gasteiger partial charge in [0.15, 0.2) is 5.78 Å². The zero-order valence-corrected chi connectivity index (χ0v) is 8.19. The molecular weight excluding hydrogens is 168 g/mol. The Labute approximate surface area is 78.2 Å². The number of aryl methyl sites for hydroxylation is 1. The molecule has 0 radical (unpaired) electrons. The Morgan fingerprint density at radius 3 is 2.75 bits per heavy atom. The lowest BCUT2D eigenvalue weighted by molar-refractivity contribution is 0.0985. The number of carbonyl (C=O) groups excluding carboxylic acids is 1. The van der Waals surface area contributed by atoms with Gasteiger partial charge in [0.1, 0.15) is 0 Å². The first kappa shape index (κ1) is 9.33. The van der Waals surface area contributed by atoms with Crippen LogP contribution in [0.4, 0.5) is 0 Å². The highest BCUT2D eigenvalue weighted by atomic mass is 32.1. The molecular formula is C10H12OS. The molecule has 0 bridgehead atoms. The van der Waals surface area contributed by atoms with Crippen LogP contribution in [-0.4, -0.2) is 5.78 Å². The van der Waals surface area contributed by atoms with Crippen LogP contribution in [0.2, 0.25) is 0 Å². The molecule has 0 saturated carbocycles. The summed E-state index contributed by atoms with van der Waals surface area (Å²) < 4.78 is 0. The lowest BCUT2D eigenvalue weighted by Gasteiger charge is -2.04. The van der Waals surface area contributed by atoms with Crippen molar-refractivity contribution in [3.05, 3.63) is 29.3 Å². The van der Waals surface area contributed by atoms with E-state index in [0.717, 1.165) is 16.0 Å². The van der Waals surface area contributed by atoms with Gasteiger partial charge in [-0.2, -0.15) is 0 Å². The van der Waals surface area contributed by atoms with Gasteiger partial charge in [0, 0.05) is 16.9 Å². The zero-order valence-electron chi connectivity index (χ0n) is 7.29. The van der Waals surface area contributed by atoms with Crippen LogP contribution in [-0.2, 0) is 0 Å². The summed E-state index contributed by atoms with van der Waals surface area (Å²) >= 11 is 4.28. The van der Waals surface area contributed by atoms with Gasteiger partial charge < -0.3 is 0 Å². The molecule has 0 saturated heterocycles. The molecule has 1 aromatic rings. The van der Waals surface area contributed by atoms with Crippen LogP contribution in [0.3, 0.4) is 0 Å².